The molecule has 0 saturated carbocycles. The first-order valence-corrected chi connectivity index (χ1v) is 8.80. The van der Waals surface area contributed by atoms with Gasteiger partial charge in [-0.2, -0.15) is 5.10 Å². The van der Waals surface area contributed by atoms with E-state index in [0.717, 1.165) is 49.4 Å². The van der Waals surface area contributed by atoms with Gasteiger partial charge in [0.2, 0.25) is 0 Å². The van der Waals surface area contributed by atoms with Crippen molar-refractivity contribution in [2.45, 2.75) is 26.3 Å². The summed E-state index contributed by atoms with van der Waals surface area (Å²) in [6, 6.07) is 1.70. The Labute approximate surface area is 145 Å². The molecule has 2 heterocycles. The minimum Gasteiger partial charge on any atom is -0.506 e. The predicted octanol–water partition coefficient (Wildman–Crippen LogP) is 3.78. The SMILES string of the molecule is CCCN1CCc2[nH]nc(-c3cc(Br)c(O)c(Br)c3O)c2C1. The minimum absolute atomic E-state index is 0.00242. The molecular formula is C15H17Br2N3O2. The molecule has 0 spiro atoms. The van der Waals surface area contributed by atoms with E-state index in [0.29, 0.717) is 10.0 Å². The Morgan fingerprint density at radius 3 is 2.82 bits per heavy atom. The number of aromatic amines is 1. The van der Waals surface area contributed by atoms with Crippen molar-refractivity contribution in [2.24, 2.45) is 0 Å². The summed E-state index contributed by atoms with van der Waals surface area (Å²) in [5.74, 6) is -0.0131. The second-order valence-electron chi connectivity index (χ2n) is 5.47. The largest absolute Gasteiger partial charge is 0.506 e. The van der Waals surface area contributed by atoms with Crippen LogP contribution in [-0.4, -0.2) is 38.4 Å². The molecule has 22 heavy (non-hydrogen) atoms. The van der Waals surface area contributed by atoms with Gasteiger partial charge >= 0.3 is 0 Å². The summed E-state index contributed by atoms with van der Waals surface area (Å²) in [6.45, 7) is 5.08. The monoisotopic (exact) mass is 429 g/mol. The van der Waals surface area contributed by atoms with E-state index >= 15 is 0 Å². The number of H-pyrrole nitrogens is 1. The quantitative estimate of drug-likeness (QED) is 0.692. The van der Waals surface area contributed by atoms with Crippen LogP contribution in [0.3, 0.4) is 0 Å². The molecule has 0 unspecified atom stereocenters. The Bertz CT molecular complexity index is 715. The standard InChI is InChI=1S/C15H17Br2N3O2/c1-2-4-20-5-3-11-9(7-20)13(19-18-11)8-6-10(16)15(22)12(17)14(8)21/h6,21-22H,2-5,7H2,1H3,(H,18,19). The van der Waals surface area contributed by atoms with Gasteiger partial charge in [-0.3, -0.25) is 10.00 Å². The number of rotatable bonds is 3. The number of hydrogen-bond acceptors (Lipinski definition) is 4. The first-order valence-electron chi connectivity index (χ1n) is 7.21. The Morgan fingerprint density at radius 1 is 1.32 bits per heavy atom. The van der Waals surface area contributed by atoms with E-state index in [-0.39, 0.29) is 16.0 Å². The van der Waals surface area contributed by atoms with Crippen LogP contribution in [0.15, 0.2) is 15.0 Å². The second kappa shape index (κ2) is 6.22. The van der Waals surface area contributed by atoms with Crippen LogP contribution in [0, 0.1) is 0 Å². The van der Waals surface area contributed by atoms with Crippen molar-refractivity contribution in [3.8, 4) is 22.8 Å². The lowest BCUT2D eigenvalue weighted by Crippen LogP contribution is -2.31. The van der Waals surface area contributed by atoms with Gasteiger partial charge in [-0.1, -0.05) is 6.92 Å². The van der Waals surface area contributed by atoms with Gasteiger partial charge in [-0.25, -0.2) is 0 Å². The summed E-state index contributed by atoms with van der Waals surface area (Å²) in [5.41, 5.74) is 3.60. The van der Waals surface area contributed by atoms with Gasteiger partial charge in [0.25, 0.3) is 0 Å². The highest BCUT2D eigenvalue weighted by atomic mass is 79.9. The third-order valence-electron chi connectivity index (χ3n) is 3.98. The fourth-order valence-electron chi connectivity index (χ4n) is 2.86. The molecule has 1 aliphatic heterocycles. The smallest absolute Gasteiger partial charge is 0.147 e. The Kier molecular flexibility index (Phi) is 4.47. The molecule has 3 N–H and O–H groups in total. The fourth-order valence-corrected chi connectivity index (χ4v) is 3.98. The molecule has 0 amide bonds. The van der Waals surface area contributed by atoms with Gasteiger partial charge in [-0.15, -0.1) is 0 Å². The normalized spacial score (nSPS) is 15.0. The third-order valence-corrected chi connectivity index (χ3v) is 5.33. The first-order chi connectivity index (χ1) is 10.5. The van der Waals surface area contributed by atoms with Crippen LogP contribution in [0.2, 0.25) is 0 Å². The predicted molar refractivity (Wildman–Crippen MR) is 92.0 cm³/mol. The topological polar surface area (TPSA) is 72.4 Å². The van der Waals surface area contributed by atoms with Gasteiger partial charge in [0, 0.05) is 36.3 Å². The molecule has 0 atom stereocenters. The van der Waals surface area contributed by atoms with E-state index in [9.17, 15) is 10.2 Å². The summed E-state index contributed by atoms with van der Waals surface area (Å²) in [6.07, 6.45) is 2.05. The molecule has 0 aliphatic carbocycles. The minimum atomic E-state index is -0.0155. The number of aromatic hydroxyl groups is 2. The Hall–Kier alpha value is -1.05. The average Bonchev–Trinajstić information content (AvgIpc) is 2.92. The molecule has 1 aliphatic rings. The lowest BCUT2D eigenvalue weighted by atomic mass is 10.00. The average molecular weight is 431 g/mol. The van der Waals surface area contributed by atoms with Crippen molar-refractivity contribution in [3.63, 3.8) is 0 Å². The highest BCUT2D eigenvalue weighted by molar-refractivity contribution is 9.11. The summed E-state index contributed by atoms with van der Waals surface area (Å²) in [7, 11) is 0. The van der Waals surface area contributed by atoms with E-state index in [1.165, 1.54) is 0 Å². The number of nitrogens with zero attached hydrogens (tertiary/aromatic N) is 2. The number of phenolic OH excluding ortho intramolecular Hbond substituents is 2. The van der Waals surface area contributed by atoms with Crippen molar-refractivity contribution < 1.29 is 10.2 Å². The van der Waals surface area contributed by atoms with Crippen molar-refractivity contribution in [2.75, 3.05) is 13.1 Å². The zero-order chi connectivity index (χ0) is 15.9. The fraction of sp³-hybridized carbons (Fsp3) is 0.400. The van der Waals surface area contributed by atoms with Crippen LogP contribution >= 0.6 is 31.9 Å². The zero-order valence-electron chi connectivity index (χ0n) is 12.2. The maximum Gasteiger partial charge on any atom is 0.147 e. The van der Waals surface area contributed by atoms with Crippen LogP contribution in [-0.2, 0) is 13.0 Å². The number of halogens is 2. The maximum atomic E-state index is 10.4. The van der Waals surface area contributed by atoms with Crippen LogP contribution in [0.4, 0.5) is 0 Å². The molecule has 0 fully saturated rings. The van der Waals surface area contributed by atoms with E-state index < -0.39 is 0 Å². The molecule has 0 bridgehead atoms. The maximum absolute atomic E-state index is 10.4. The third kappa shape index (κ3) is 2.66. The number of hydrogen-bond donors (Lipinski definition) is 3. The molecule has 3 rings (SSSR count). The molecule has 0 saturated heterocycles. The number of phenols is 2. The zero-order valence-corrected chi connectivity index (χ0v) is 15.3. The van der Waals surface area contributed by atoms with Crippen molar-refractivity contribution in [1.82, 2.24) is 15.1 Å². The van der Waals surface area contributed by atoms with E-state index in [2.05, 4.69) is 53.9 Å². The lowest BCUT2D eigenvalue weighted by molar-refractivity contribution is 0.254. The van der Waals surface area contributed by atoms with E-state index in [1.807, 2.05) is 0 Å². The van der Waals surface area contributed by atoms with Crippen LogP contribution in [0.5, 0.6) is 11.5 Å². The second-order valence-corrected chi connectivity index (χ2v) is 7.12. The molecule has 7 heteroatoms. The summed E-state index contributed by atoms with van der Waals surface area (Å²) in [5, 5.41) is 27.7. The molecular weight excluding hydrogens is 414 g/mol. The molecule has 1 aromatic heterocycles. The Morgan fingerprint density at radius 2 is 2.09 bits per heavy atom. The molecule has 118 valence electrons. The van der Waals surface area contributed by atoms with E-state index in [1.54, 1.807) is 6.07 Å². The van der Waals surface area contributed by atoms with Crippen molar-refractivity contribution in [3.05, 3.63) is 26.3 Å². The highest BCUT2D eigenvalue weighted by Gasteiger charge is 2.25. The first kappa shape index (κ1) is 15.8. The van der Waals surface area contributed by atoms with Gasteiger partial charge in [0.1, 0.15) is 21.7 Å². The van der Waals surface area contributed by atoms with Crippen molar-refractivity contribution >= 4 is 31.9 Å². The van der Waals surface area contributed by atoms with Crippen molar-refractivity contribution in [1.29, 1.82) is 0 Å². The number of fused-ring (bicyclic) bond motifs is 1. The van der Waals surface area contributed by atoms with Gasteiger partial charge in [0.05, 0.1) is 4.47 Å². The molecule has 0 radical (unpaired) electrons. The molecule has 1 aromatic carbocycles. The van der Waals surface area contributed by atoms with Gasteiger partial charge in [-0.05, 0) is 50.9 Å². The van der Waals surface area contributed by atoms with Crippen LogP contribution in [0.25, 0.3) is 11.3 Å². The Balaban J connectivity index is 2.06. The molecule has 2 aromatic rings. The van der Waals surface area contributed by atoms with Crippen LogP contribution < -0.4 is 0 Å². The summed E-state index contributed by atoms with van der Waals surface area (Å²) in [4.78, 5) is 2.39. The summed E-state index contributed by atoms with van der Waals surface area (Å²) < 4.78 is 0.792. The van der Waals surface area contributed by atoms with E-state index in [4.69, 9.17) is 0 Å². The highest BCUT2D eigenvalue weighted by Crippen LogP contribution is 2.46. The van der Waals surface area contributed by atoms with Gasteiger partial charge in [0.15, 0.2) is 0 Å². The van der Waals surface area contributed by atoms with Crippen LogP contribution in [0.1, 0.15) is 24.6 Å². The lowest BCUT2D eigenvalue weighted by Gasteiger charge is -2.26. The number of benzene rings is 1. The summed E-state index contributed by atoms with van der Waals surface area (Å²) >= 11 is 6.53. The molecule has 5 nitrogen and oxygen atoms in total. The number of nitrogens with one attached hydrogen (secondary N) is 1. The number of aromatic nitrogens is 2. The van der Waals surface area contributed by atoms with Gasteiger partial charge < -0.3 is 10.2 Å².